The van der Waals surface area contributed by atoms with Gasteiger partial charge in [0.25, 0.3) is 0 Å². The van der Waals surface area contributed by atoms with Crippen LogP contribution in [0.3, 0.4) is 0 Å². The molecule has 112 valence electrons. The fourth-order valence-corrected chi connectivity index (χ4v) is 5.65. The van der Waals surface area contributed by atoms with Crippen LogP contribution >= 0.6 is 11.8 Å². The molecule has 0 aliphatic carbocycles. The molecule has 1 N–H and O–H groups in total. The minimum absolute atomic E-state index is 0.260. The zero-order chi connectivity index (χ0) is 14.4. The number of hydrogen-bond acceptors (Lipinski definition) is 3. The van der Waals surface area contributed by atoms with Crippen LogP contribution in [0.4, 0.5) is 0 Å². The number of rotatable bonds is 9. The molecule has 0 radical (unpaired) electrons. The summed E-state index contributed by atoms with van der Waals surface area (Å²) < 4.78 is 0. The smallest absolute Gasteiger partial charge is 0.303 e. The van der Waals surface area contributed by atoms with Gasteiger partial charge in [-0.25, -0.2) is 0 Å². The van der Waals surface area contributed by atoms with Gasteiger partial charge in [-0.05, 0) is 50.4 Å². The number of aliphatic carboxylic acids is 1. The fourth-order valence-electron chi connectivity index (χ4n) is 3.60. The Morgan fingerprint density at radius 3 is 2.60 bits per heavy atom. The molecule has 2 saturated heterocycles. The van der Waals surface area contributed by atoms with E-state index in [0.29, 0.717) is 12.3 Å². The Bertz CT molecular complexity index is 367. The van der Waals surface area contributed by atoms with Gasteiger partial charge in [0, 0.05) is 23.3 Å². The molecule has 0 unspecified atom stereocenters. The average molecular weight is 296 g/mol. The van der Waals surface area contributed by atoms with Gasteiger partial charge < -0.3 is 9.90 Å². The summed E-state index contributed by atoms with van der Waals surface area (Å²) in [5.41, 5.74) is 0. The Hall–Kier alpha value is -0.770. The van der Waals surface area contributed by atoms with Gasteiger partial charge in [0.1, 0.15) is 6.29 Å². The Kier molecular flexibility index (Phi) is 6.14. The van der Waals surface area contributed by atoms with E-state index in [1.807, 2.05) is 0 Å². The molecule has 0 aromatic carbocycles. The molecule has 0 aromatic rings. The van der Waals surface area contributed by atoms with Crippen molar-refractivity contribution >= 4 is 24.0 Å². The summed E-state index contributed by atoms with van der Waals surface area (Å²) in [7, 11) is 0. The normalized spacial score (nSPS) is 32.0. The lowest BCUT2D eigenvalue weighted by atomic mass is 9.75. The van der Waals surface area contributed by atoms with Crippen molar-refractivity contribution in [3.05, 3.63) is 12.2 Å². The highest BCUT2D eigenvalue weighted by molar-refractivity contribution is 8.01. The molecular weight excluding hydrogens is 272 g/mol. The van der Waals surface area contributed by atoms with Crippen molar-refractivity contribution < 1.29 is 14.7 Å². The van der Waals surface area contributed by atoms with E-state index in [9.17, 15) is 9.59 Å². The van der Waals surface area contributed by atoms with Crippen molar-refractivity contribution in [2.75, 3.05) is 0 Å². The van der Waals surface area contributed by atoms with Gasteiger partial charge in [-0.1, -0.05) is 12.2 Å². The van der Waals surface area contributed by atoms with Crippen LogP contribution in [-0.4, -0.2) is 27.9 Å². The Balaban J connectivity index is 1.74. The molecule has 2 bridgehead atoms. The van der Waals surface area contributed by atoms with Crippen molar-refractivity contribution in [3.63, 3.8) is 0 Å². The number of carboxylic acids is 1. The number of aldehydes is 1. The van der Waals surface area contributed by atoms with Gasteiger partial charge in [-0.3, -0.25) is 4.79 Å². The van der Waals surface area contributed by atoms with Gasteiger partial charge in [-0.2, -0.15) is 11.8 Å². The number of hydrogen-bond donors (Lipinski definition) is 1. The second-order valence-corrected chi connectivity index (χ2v) is 7.34. The Morgan fingerprint density at radius 1 is 1.15 bits per heavy atom. The number of carbonyl (C=O) groups is 2. The van der Waals surface area contributed by atoms with Gasteiger partial charge >= 0.3 is 5.97 Å². The molecule has 2 aliphatic rings. The average Bonchev–Trinajstić information content (AvgIpc) is 3.01. The molecule has 0 spiro atoms. The summed E-state index contributed by atoms with van der Waals surface area (Å²) in [6.07, 6.45) is 12.8. The zero-order valence-corrected chi connectivity index (χ0v) is 12.7. The number of carboxylic acid groups (broad SMARTS) is 1. The van der Waals surface area contributed by atoms with Gasteiger partial charge in [-0.15, -0.1) is 0 Å². The van der Waals surface area contributed by atoms with E-state index in [2.05, 4.69) is 23.9 Å². The Labute approximate surface area is 125 Å². The van der Waals surface area contributed by atoms with Crippen molar-refractivity contribution in [2.24, 2.45) is 11.8 Å². The van der Waals surface area contributed by atoms with Crippen molar-refractivity contribution in [1.29, 1.82) is 0 Å². The molecule has 2 heterocycles. The minimum Gasteiger partial charge on any atom is -0.481 e. The first kappa shape index (κ1) is 15.6. The number of thioether (sulfide) groups is 1. The SMILES string of the molecule is O=CCC[C@H]1[C@@H](CC=CCCCC(=O)O)[C@H]2CC[C@@H]1S2. The highest BCUT2D eigenvalue weighted by Crippen LogP contribution is 2.55. The molecule has 0 saturated carbocycles. The molecular formula is C16H24O3S. The quantitative estimate of drug-likeness (QED) is 0.400. The van der Waals surface area contributed by atoms with E-state index in [-0.39, 0.29) is 6.42 Å². The summed E-state index contributed by atoms with van der Waals surface area (Å²) in [5.74, 6) is 0.735. The van der Waals surface area contributed by atoms with Crippen LogP contribution < -0.4 is 0 Å². The lowest BCUT2D eigenvalue weighted by Gasteiger charge is -2.28. The second kappa shape index (κ2) is 7.87. The molecule has 20 heavy (non-hydrogen) atoms. The summed E-state index contributed by atoms with van der Waals surface area (Å²) >= 11 is 2.14. The monoisotopic (exact) mass is 296 g/mol. The molecule has 2 rings (SSSR count). The number of unbranched alkanes of at least 4 members (excludes halogenated alkanes) is 1. The number of allylic oxidation sites excluding steroid dienone is 2. The predicted octanol–water partition coefficient (Wildman–Crippen LogP) is 3.68. The highest BCUT2D eigenvalue weighted by atomic mass is 32.2. The van der Waals surface area contributed by atoms with Crippen LogP contribution in [0.15, 0.2) is 12.2 Å². The molecule has 2 fully saturated rings. The lowest BCUT2D eigenvalue weighted by Crippen LogP contribution is -2.26. The van der Waals surface area contributed by atoms with Crippen LogP contribution in [0.5, 0.6) is 0 Å². The van der Waals surface area contributed by atoms with Crippen molar-refractivity contribution in [2.45, 2.75) is 61.9 Å². The van der Waals surface area contributed by atoms with Crippen molar-refractivity contribution in [3.8, 4) is 0 Å². The van der Waals surface area contributed by atoms with E-state index in [0.717, 1.165) is 48.4 Å². The van der Waals surface area contributed by atoms with Crippen LogP contribution in [0.2, 0.25) is 0 Å². The van der Waals surface area contributed by atoms with Gasteiger partial charge in [0.05, 0.1) is 0 Å². The van der Waals surface area contributed by atoms with E-state index >= 15 is 0 Å². The molecule has 0 amide bonds. The summed E-state index contributed by atoms with van der Waals surface area (Å²) in [6, 6.07) is 0. The molecule has 0 aromatic heterocycles. The van der Waals surface area contributed by atoms with E-state index in [1.54, 1.807) is 0 Å². The largest absolute Gasteiger partial charge is 0.481 e. The van der Waals surface area contributed by atoms with E-state index < -0.39 is 5.97 Å². The maximum absolute atomic E-state index is 10.6. The summed E-state index contributed by atoms with van der Waals surface area (Å²) in [5, 5.41) is 10.2. The summed E-state index contributed by atoms with van der Waals surface area (Å²) in [4.78, 5) is 21.0. The topological polar surface area (TPSA) is 54.4 Å². The van der Waals surface area contributed by atoms with E-state index in [1.165, 1.54) is 12.8 Å². The molecule has 3 nitrogen and oxygen atoms in total. The molecule has 4 atom stereocenters. The third-order valence-electron chi connectivity index (χ3n) is 4.54. The first-order valence-electron chi connectivity index (χ1n) is 7.68. The Morgan fingerprint density at radius 2 is 1.90 bits per heavy atom. The minimum atomic E-state index is -0.711. The third kappa shape index (κ3) is 4.11. The third-order valence-corrected chi connectivity index (χ3v) is 6.41. The lowest BCUT2D eigenvalue weighted by molar-refractivity contribution is -0.137. The van der Waals surface area contributed by atoms with Crippen LogP contribution in [0, 0.1) is 11.8 Å². The summed E-state index contributed by atoms with van der Waals surface area (Å²) in [6.45, 7) is 0. The fraction of sp³-hybridized carbons (Fsp3) is 0.750. The second-order valence-electron chi connectivity index (χ2n) is 5.86. The number of fused-ring (bicyclic) bond motifs is 2. The van der Waals surface area contributed by atoms with Crippen LogP contribution in [-0.2, 0) is 9.59 Å². The first-order chi connectivity index (χ1) is 9.72. The standard InChI is InChI=1S/C16H24O3S/c17-11-5-7-13-12(14-9-10-15(13)20-14)6-3-1-2-4-8-16(18)19/h1,3,11-15H,2,4-10H2,(H,18,19)/t12-,13+,14-,15+/m1/s1. The highest BCUT2D eigenvalue weighted by Gasteiger charge is 2.46. The number of carbonyl (C=O) groups excluding carboxylic acids is 1. The van der Waals surface area contributed by atoms with Crippen LogP contribution in [0.25, 0.3) is 0 Å². The predicted molar refractivity (Wildman–Crippen MR) is 81.9 cm³/mol. The first-order valence-corrected chi connectivity index (χ1v) is 8.62. The van der Waals surface area contributed by atoms with Gasteiger partial charge in [0.2, 0.25) is 0 Å². The molecule has 4 heteroatoms. The van der Waals surface area contributed by atoms with Crippen LogP contribution in [0.1, 0.15) is 51.4 Å². The molecule has 2 aliphatic heterocycles. The zero-order valence-electron chi connectivity index (χ0n) is 11.9. The maximum atomic E-state index is 10.6. The van der Waals surface area contributed by atoms with Gasteiger partial charge in [0.15, 0.2) is 0 Å². The van der Waals surface area contributed by atoms with E-state index in [4.69, 9.17) is 5.11 Å². The maximum Gasteiger partial charge on any atom is 0.303 e. The van der Waals surface area contributed by atoms with Crippen molar-refractivity contribution in [1.82, 2.24) is 0 Å².